The molecular weight excluding hydrogens is 269 g/mol. The molecule has 0 bridgehead atoms. The van der Waals surface area contributed by atoms with Crippen molar-refractivity contribution in [2.24, 2.45) is 0 Å². The van der Waals surface area contributed by atoms with Crippen LogP contribution < -0.4 is 10.6 Å². The molecular formula is C16H24FN3O. The van der Waals surface area contributed by atoms with Gasteiger partial charge in [0.05, 0.1) is 6.54 Å². The van der Waals surface area contributed by atoms with E-state index in [-0.39, 0.29) is 11.7 Å². The number of hydrogen-bond acceptors (Lipinski definition) is 3. The summed E-state index contributed by atoms with van der Waals surface area (Å²) in [5, 5.41) is 6.24. The molecule has 1 aliphatic rings. The first-order chi connectivity index (χ1) is 10.2. The maximum absolute atomic E-state index is 12.8. The van der Waals surface area contributed by atoms with Crippen LogP contribution in [0.15, 0.2) is 24.3 Å². The Kier molecular flexibility index (Phi) is 6.14. The molecule has 1 amide bonds. The molecule has 2 N–H and O–H groups in total. The van der Waals surface area contributed by atoms with Crippen molar-refractivity contribution >= 4 is 5.91 Å². The first-order valence-electron chi connectivity index (χ1n) is 7.65. The van der Waals surface area contributed by atoms with Crippen LogP contribution in [-0.4, -0.2) is 43.0 Å². The van der Waals surface area contributed by atoms with Crippen molar-refractivity contribution in [3.63, 3.8) is 0 Å². The van der Waals surface area contributed by atoms with Gasteiger partial charge in [0.25, 0.3) is 0 Å². The van der Waals surface area contributed by atoms with Crippen molar-refractivity contribution in [1.29, 1.82) is 0 Å². The summed E-state index contributed by atoms with van der Waals surface area (Å²) < 4.78 is 12.8. The second-order valence-electron chi connectivity index (χ2n) is 5.45. The summed E-state index contributed by atoms with van der Waals surface area (Å²) in [6.45, 7) is 5.91. The lowest BCUT2D eigenvalue weighted by Crippen LogP contribution is -2.47. The summed E-state index contributed by atoms with van der Waals surface area (Å²) in [5.74, 6) is -0.229. The van der Waals surface area contributed by atoms with E-state index in [1.165, 1.54) is 12.1 Å². The molecule has 116 valence electrons. The van der Waals surface area contributed by atoms with Crippen LogP contribution in [0, 0.1) is 5.82 Å². The Morgan fingerprint density at radius 2 is 2.00 bits per heavy atom. The standard InChI is InChI=1S/C16H24FN3O/c1-2-20(15-7-9-18-10-8-15)12-16(21)19-11-13-3-5-14(17)6-4-13/h3-6,15,18H,2,7-12H2,1H3,(H,19,21). The van der Waals surface area contributed by atoms with Crippen molar-refractivity contribution in [2.45, 2.75) is 32.4 Å². The molecule has 1 aromatic carbocycles. The quantitative estimate of drug-likeness (QED) is 0.836. The van der Waals surface area contributed by atoms with E-state index in [1.54, 1.807) is 12.1 Å². The van der Waals surface area contributed by atoms with E-state index in [4.69, 9.17) is 0 Å². The third kappa shape index (κ3) is 5.10. The van der Waals surface area contributed by atoms with Gasteiger partial charge in [0.2, 0.25) is 5.91 Å². The fourth-order valence-electron chi connectivity index (χ4n) is 2.71. The highest BCUT2D eigenvalue weighted by atomic mass is 19.1. The third-order valence-corrected chi connectivity index (χ3v) is 3.98. The molecule has 1 aromatic rings. The molecule has 1 aliphatic heterocycles. The van der Waals surface area contributed by atoms with E-state index in [1.807, 2.05) is 0 Å². The zero-order valence-corrected chi connectivity index (χ0v) is 12.6. The van der Waals surface area contributed by atoms with Gasteiger partial charge in [-0.05, 0) is 50.2 Å². The van der Waals surface area contributed by atoms with E-state index < -0.39 is 0 Å². The van der Waals surface area contributed by atoms with E-state index in [9.17, 15) is 9.18 Å². The number of carbonyl (C=O) groups is 1. The molecule has 0 atom stereocenters. The largest absolute Gasteiger partial charge is 0.351 e. The smallest absolute Gasteiger partial charge is 0.234 e. The minimum Gasteiger partial charge on any atom is -0.351 e. The monoisotopic (exact) mass is 293 g/mol. The number of carbonyl (C=O) groups excluding carboxylic acids is 1. The molecule has 1 fully saturated rings. The van der Waals surface area contributed by atoms with Crippen molar-refractivity contribution in [3.8, 4) is 0 Å². The Morgan fingerprint density at radius 1 is 1.33 bits per heavy atom. The van der Waals surface area contributed by atoms with Gasteiger partial charge in [0.1, 0.15) is 5.82 Å². The summed E-state index contributed by atoms with van der Waals surface area (Å²) in [7, 11) is 0. The minimum atomic E-state index is -0.256. The highest BCUT2D eigenvalue weighted by Crippen LogP contribution is 2.11. The third-order valence-electron chi connectivity index (χ3n) is 3.98. The lowest BCUT2D eigenvalue weighted by atomic mass is 10.0. The number of amides is 1. The van der Waals surface area contributed by atoms with Crippen LogP contribution in [0.4, 0.5) is 4.39 Å². The molecule has 0 aliphatic carbocycles. The predicted octanol–water partition coefficient (Wildman–Crippen LogP) is 1.52. The summed E-state index contributed by atoms with van der Waals surface area (Å²) in [6, 6.07) is 6.71. The lowest BCUT2D eigenvalue weighted by molar-refractivity contribution is -0.123. The van der Waals surface area contributed by atoms with Crippen LogP contribution in [0.5, 0.6) is 0 Å². The van der Waals surface area contributed by atoms with Crippen LogP contribution in [0.2, 0.25) is 0 Å². The summed E-state index contributed by atoms with van der Waals surface area (Å²) >= 11 is 0. The second kappa shape index (κ2) is 8.10. The highest BCUT2D eigenvalue weighted by Gasteiger charge is 2.21. The van der Waals surface area contributed by atoms with E-state index >= 15 is 0 Å². The number of piperidine rings is 1. The van der Waals surface area contributed by atoms with Gasteiger partial charge in [-0.3, -0.25) is 9.69 Å². The van der Waals surface area contributed by atoms with Gasteiger partial charge in [-0.2, -0.15) is 0 Å². The minimum absolute atomic E-state index is 0.0275. The SMILES string of the molecule is CCN(CC(=O)NCc1ccc(F)cc1)C1CCNCC1. The molecule has 0 radical (unpaired) electrons. The number of nitrogens with one attached hydrogen (secondary N) is 2. The number of benzene rings is 1. The molecule has 0 aromatic heterocycles. The Hall–Kier alpha value is -1.46. The van der Waals surface area contributed by atoms with Crippen molar-refractivity contribution in [3.05, 3.63) is 35.6 Å². The van der Waals surface area contributed by atoms with Gasteiger partial charge in [-0.15, -0.1) is 0 Å². The van der Waals surface area contributed by atoms with Crippen LogP contribution in [0.1, 0.15) is 25.3 Å². The summed E-state index contributed by atoms with van der Waals surface area (Å²) in [4.78, 5) is 14.3. The van der Waals surface area contributed by atoms with Crippen molar-refractivity contribution < 1.29 is 9.18 Å². The molecule has 21 heavy (non-hydrogen) atoms. The number of nitrogens with zero attached hydrogens (tertiary/aromatic N) is 1. The first kappa shape index (κ1) is 15.9. The van der Waals surface area contributed by atoms with E-state index in [2.05, 4.69) is 22.5 Å². The van der Waals surface area contributed by atoms with Gasteiger partial charge < -0.3 is 10.6 Å². The number of rotatable bonds is 6. The number of hydrogen-bond donors (Lipinski definition) is 2. The van der Waals surface area contributed by atoms with Crippen molar-refractivity contribution in [2.75, 3.05) is 26.2 Å². The van der Waals surface area contributed by atoms with Gasteiger partial charge in [-0.1, -0.05) is 19.1 Å². The predicted molar refractivity (Wildman–Crippen MR) is 81.4 cm³/mol. The lowest BCUT2D eigenvalue weighted by Gasteiger charge is -2.33. The zero-order valence-electron chi connectivity index (χ0n) is 12.6. The molecule has 1 heterocycles. The van der Waals surface area contributed by atoms with Gasteiger partial charge >= 0.3 is 0 Å². The van der Waals surface area contributed by atoms with E-state index in [0.29, 0.717) is 19.1 Å². The molecule has 4 nitrogen and oxygen atoms in total. The molecule has 2 rings (SSSR count). The normalized spacial score (nSPS) is 16.1. The van der Waals surface area contributed by atoms with Crippen LogP contribution in [0.25, 0.3) is 0 Å². The molecule has 0 spiro atoms. The maximum Gasteiger partial charge on any atom is 0.234 e. The Morgan fingerprint density at radius 3 is 2.62 bits per heavy atom. The summed E-state index contributed by atoms with van der Waals surface area (Å²) in [6.07, 6.45) is 2.19. The number of halogens is 1. The van der Waals surface area contributed by atoms with Gasteiger partial charge in [0, 0.05) is 12.6 Å². The second-order valence-corrected chi connectivity index (χ2v) is 5.45. The molecule has 0 saturated carbocycles. The van der Waals surface area contributed by atoms with E-state index in [0.717, 1.165) is 38.0 Å². The fraction of sp³-hybridized carbons (Fsp3) is 0.562. The topological polar surface area (TPSA) is 44.4 Å². The number of likely N-dealkylation sites (N-methyl/N-ethyl adjacent to an activating group) is 1. The Labute approximate surface area is 125 Å². The van der Waals surface area contributed by atoms with Crippen LogP contribution >= 0.6 is 0 Å². The zero-order chi connectivity index (χ0) is 15.1. The fourth-order valence-corrected chi connectivity index (χ4v) is 2.71. The highest BCUT2D eigenvalue weighted by molar-refractivity contribution is 5.78. The average molecular weight is 293 g/mol. The molecule has 5 heteroatoms. The van der Waals surface area contributed by atoms with Gasteiger partial charge in [-0.25, -0.2) is 4.39 Å². The Bertz CT molecular complexity index is 443. The first-order valence-corrected chi connectivity index (χ1v) is 7.65. The van der Waals surface area contributed by atoms with Crippen LogP contribution in [-0.2, 0) is 11.3 Å². The van der Waals surface area contributed by atoms with Crippen molar-refractivity contribution in [1.82, 2.24) is 15.5 Å². The molecule has 1 saturated heterocycles. The maximum atomic E-state index is 12.8. The Balaban J connectivity index is 1.78. The molecule has 0 unspecified atom stereocenters. The van der Waals surface area contributed by atoms with Crippen LogP contribution in [0.3, 0.4) is 0 Å². The van der Waals surface area contributed by atoms with Gasteiger partial charge in [0.15, 0.2) is 0 Å². The average Bonchev–Trinajstić information content (AvgIpc) is 2.53. The summed E-state index contributed by atoms with van der Waals surface area (Å²) in [5.41, 5.74) is 0.912.